The van der Waals surface area contributed by atoms with Crippen LogP contribution in [-0.2, 0) is 19.1 Å². The van der Waals surface area contributed by atoms with Gasteiger partial charge in [0.05, 0.1) is 19.3 Å². The van der Waals surface area contributed by atoms with Crippen molar-refractivity contribution in [2.45, 2.75) is 32.8 Å². The van der Waals surface area contributed by atoms with Crippen LogP contribution in [0.1, 0.15) is 37.0 Å². The zero-order valence-corrected chi connectivity index (χ0v) is 13.9. The lowest BCUT2D eigenvalue weighted by atomic mass is 9.96. The summed E-state index contributed by atoms with van der Waals surface area (Å²) in [5, 5.41) is 10.4. The highest BCUT2D eigenvalue weighted by atomic mass is 16.6. The molecule has 0 saturated heterocycles. The highest BCUT2D eigenvalue weighted by molar-refractivity contribution is 6.04. The Morgan fingerprint density at radius 1 is 1.12 bits per heavy atom. The quantitative estimate of drug-likeness (QED) is 0.442. The maximum atomic E-state index is 12.2. The van der Waals surface area contributed by atoms with Gasteiger partial charge in [-0.25, -0.2) is 0 Å². The first kappa shape index (κ1) is 18.1. The van der Waals surface area contributed by atoms with E-state index < -0.39 is 29.4 Å². The molecule has 130 valence electrons. The molecule has 2 atom stereocenters. The molecule has 0 radical (unpaired) electrons. The topological polar surface area (TPSA) is 89.9 Å². The summed E-state index contributed by atoms with van der Waals surface area (Å²) in [4.78, 5) is 36.6. The van der Waals surface area contributed by atoms with Crippen molar-refractivity contribution < 1.29 is 29.0 Å². The van der Waals surface area contributed by atoms with Crippen LogP contribution in [0.25, 0.3) is 0 Å². The van der Waals surface area contributed by atoms with E-state index in [0.29, 0.717) is 5.56 Å². The first-order chi connectivity index (χ1) is 11.5. The van der Waals surface area contributed by atoms with Gasteiger partial charge in [-0.2, -0.15) is 0 Å². The molecule has 6 heteroatoms. The fourth-order valence-electron chi connectivity index (χ4n) is 2.90. The SMILES string of the molecule is CCOC(=O)C1(C(=O)OCC)CC1C(O)CC(=O)c1ccccc1. The Labute approximate surface area is 140 Å². The minimum atomic E-state index is -1.48. The molecule has 0 aliphatic heterocycles. The number of hydrogen-bond donors (Lipinski definition) is 1. The molecule has 2 rings (SSSR count). The predicted octanol–water partition coefficient (Wildman–Crippen LogP) is 1.75. The largest absolute Gasteiger partial charge is 0.465 e. The number of esters is 2. The lowest BCUT2D eigenvalue weighted by Gasteiger charge is -2.17. The second-order valence-corrected chi connectivity index (χ2v) is 5.78. The third kappa shape index (κ3) is 3.48. The van der Waals surface area contributed by atoms with Gasteiger partial charge >= 0.3 is 11.9 Å². The summed E-state index contributed by atoms with van der Waals surface area (Å²) in [6, 6.07) is 8.58. The molecular weight excluding hydrogens is 312 g/mol. The van der Waals surface area contributed by atoms with Gasteiger partial charge in [-0.05, 0) is 20.3 Å². The van der Waals surface area contributed by atoms with Gasteiger partial charge < -0.3 is 14.6 Å². The summed E-state index contributed by atoms with van der Waals surface area (Å²) in [6.07, 6.45) is -1.13. The van der Waals surface area contributed by atoms with Crippen LogP contribution in [0.5, 0.6) is 0 Å². The first-order valence-electron chi connectivity index (χ1n) is 8.08. The Morgan fingerprint density at radius 2 is 1.67 bits per heavy atom. The molecule has 1 aliphatic rings. The van der Waals surface area contributed by atoms with E-state index in [4.69, 9.17) is 9.47 Å². The van der Waals surface area contributed by atoms with E-state index in [9.17, 15) is 19.5 Å². The highest BCUT2D eigenvalue weighted by Gasteiger charge is 2.70. The number of rotatable bonds is 8. The Bertz CT molecular complexity index is 591. The maximum Gasteiger partial charge on any atom is 0.323 e. The van der Waals surface area contributed by atoms with E-state index in [-0.39, 0.29) is 31.8 Å². The summed E-state index contributed by atoms with van der Waals surface area (Å²) >= 11 is 0. The molecule has 1 saturated carbocycles. The van der Waals surface area contributed by atoms with E-state index in [1.165, 1.54) is 0 Å². The van der Waals surface area contributed by atoms with Crippen molar-refractivity contribution in [3.8, 4) is 0 Å². The molecule has 1 aromatic rings. The summed E-state index contributed by atoms with van der Waals surface area (Å²) < 4.78 is 9.94. The van der Waals surface area contributed by atoms with Crippen LogP contribution in [0.15, 0.2) is 30.3 Å². The molecule has 0 aromatic heterocycles. The predicted molar refractivity (Wildman–Crippen MR) is 85.2 cm³/mol. The van der Waals surface area contributed by atoms with E-state index in [0.717, 1.165) is 0 Å². The molecule has 0 bridgehead atoms. The molecule has 0 spiro atoms. The zero-order valence-electron chi connectivity index (χ0n) is 13.9. The number of Topliss-reactive ketones (excluding diaryl/α,β-unsaturated/α-hetero) is 1. The van der Waals surface area contributed by atoms with Crippen molar-refractivity contribution in [3.05, 3.63) is 35.9 Å². The molecule has 24 heavy (non-hydrogen) atoms. The molecule has 1 aromatic carbocycles. The molecule has 2 unspecified atom stereocenters. The number of aliphatic hydroxyl groups is 1. The van der Waals surface area contributed by atoms with Crippen LogP contribution in [0.2, 0.25) is 0 Å². The molecule has 1 aliphatic carbocycles. The number of ether oxygens (including phenoxy) is 2. The average Bonchev–Trinajstić information content (AvgIpc) is 3.33. The highest BCUT2D eigenvalue weighted by Crippen LogP contribution is 2.57. The third-order valence-corrected chi connectivity index (χ3v) is 4.25. The Morgan fingerprint density at radius 3 is 2.17 bits per heavy atom. The monoisotopic (exact) mass is 334 g/mol. The van der Waals surface area contributed by atoms with Gasteiger partial charge in [0.2, 0.25) is 0 Å². The van der Waals surface area contributed by atoms with Crippen molar-refractivity contribution >= 4 is 17.7 Å². The van der Waals surface area contributed by atoms with Crippen LogP contribution in [-0.4, -0.2) is 42.1 Å². The van der Waals surface area contributed by atoms with Gasteiger partial charge in [0, 0.05) is 17.9 Å². The minimum Gasteiger partial charge on any atom is -0.465 e. The van der Waals surface area contributed by atoms with Crippen LogP contribution in [0.4, 0.5) is 0 Å². The van der Waals surface area contributed by atoms with E-state index >= 15 is 0 Å². The number of aliphatic hydroxyl groups excluding tert-OH is 1. The lowest BCUT2D eigenvalue weighted by Crippen LogP contribution is -2.35. The summed E-state index contributed by atoms with van der Waals surface area (Å²) in [5.74, 6) is -2.29. The fourth-order valence-corrected chi connectivity index (χ4v) is 2.90. The van der Waals surface area contributed by atoms with Gasteiger partial charge in [0.15, 0.2) is 11.2 Å². The van der Waals surface area contributed by atoms with Crippen LogP contribution in [0.3, 0.4) is 0 Å². The standard InChI is InChI=1S/C18H22O6/c1-3-23-16(21)18(17(22)24-4-2)11-13(18)15(20)10-14(19)12-8-6-5-7-9-12/h5-9,13,15,20H,3-4,10-11H2,1-2H3. The molecule has 6 nitrogen and oxygen atoms in total. The second-order valence-electron chi connectivity index (χ2n) is 5.78. The van der Waals surface area contributed by atoms with Crippen molar-refractivity contribution in [3.63, 3.8) is 0 Å². The normalized spacial score (nSPS) is 19.2. The van der Waals surface area contributed by atoms with Crippen molar-refractivity contribution in [2.24, 2.45) is 11.3 Å². The Hall–Kier alpha value is -2.21. The minimum absolute atomic E-state index is 0.131. The Kier molecular flexibility index (Phi) is 5.72. The summed E-state index contributed by atoms with van der Waals surface area (Å²) in [7, 11) is 0. The number of carbonyl (C=O) groups excluding carboxylic acids is 3. The maximum absolute atomic E-state index is 12.2. The zero-order chi connectivity index (χ0) is 17.7. The van der Waals surface area contributed by atoms with Gasteiger partial charge in [-0.15, -0.1) is 0 Å². The van der Waals surface area contributed by atoms with E-state index in [2.05, 4.69) is 0 Å². The number of carbonyl (C=O) groups is 3. The molecule has 1 N–H and O–H groups in total. The van der Waals surface area contributed by atoms with Crippen LogP contribution in [0, 0.1) is 11.3 Å². The number of hydrogen-bond acceptors (Lipinski definition) is 6. The van der Waals surface area contributed by atoms with Crippen molar-refractivity contribution in [1.29, 1.82) is 0 Å². The number of benzene rings is 1. The average molecular weight is 334 g/mol. The van der Waals surface area contributed by atoms with Gasteiger partial charge in [0.1, 0.15) is 0 Å². The molecule has 0 heterocycles. The van der Waals surface area contributed by atoms with E-state index in [1.54, 1.807) is 44.2 Å². The Balaban J connectivity index is 2.09. The van der Waals surface area contributed by atoms with Gasteiger partial charge in [-0.3, -0.25) is 14.4 Å². The lowest BCUT2D eigenvalue weighted by molar-refractivity contribution is -0.166. The first-order valence-corrected chi connectivity index (χ1v) is 8.08. The third-order valence-electron chi connectivity index (χ3n) is 4.25. The molecular formula is C18H22O6. The van der Waals surface area contributed by atoms with E-state index in [1.807, 2.05) is 0 Å². The van der Waals surface area contributed by atoms with Gasteiger partial charge in [0.25, 0.3) is 0 Å². The van der Waals surface area contributed by atoms with Crippen LogP contribution >= 0.6 is 0 Å². The molecule has 1 fully saturated rings. The van der Waals surface area contributed by atoms with Crippen LogP contribution < -0.4 is 0 Å². The number of ketones is 1. The summed E-state index contributed by atoms with van der Waals surface area (Å²) in [6.45, 7) is 3.55. The summed E-state index contributed by atoms with van der Waals surface area (Å²) in [5.41, 5.74) is -1.00. The fraction of sp³-hybridized carbons (Fsp3) is 0.500. The smallest absolute Gasteiger partial charge is 0.323 e. The van der Waals surface area contributed by atoms with Crippen molar-refractivity contribution in [1.82, 2.24) is 0 Å². The van der Waals surface area contributed by atoms with Crippen molar-refractivity contribution in [2.75, 3.05) is 13.2 Å². The second kappa shape index (κ2) is 7.57. The van der Waals surface area contributed by atoms with Gasteiger partial charge in [-0.1, -0.05) is 30.3 Å². The molecule has 0 amide bonds.